The van der Waals surface area contributed by atoms with Crippen LogP contribution in [0.2, 0.25) is 0 Å². The van der Waals surface area contributed by atoms with Crippen LogP contribution >= 0.6 is 0 Å². The minimum Gasteiger partial charge on any atom is -0.353 e. The largest absolute Gasteiger partial charge is 0.353 e. The molecule has 2 unspecified atom stereocenters. The van der Waals surface area contributed by atoms with Gasteiger partial charge in [0.05, 0.1) is 0 Å². The van der Waals surface area contributed by atoms with Crippen LogP contribution in [0, 0.1) is 11.8 Å². The molecule has 16 heavy (non-hydrogen) atoms. The van der Waals surface area contributed by atoms with Crippen molar-refractivity contribution in [1.82, 2.24) is 10.6 Å². The van der Waals surface area contributed by atoms with E-state index < -0.39 is 0 Å². The zero-order chi connectivity index (χ0) is 11.4. The minimum absolute atomic E-state index is 0.262. The molecule has 2 atom stereocenters. The molecule has 1 aliphatic carbocycles. The van der Waals surface area contributed by atoms with Crippen molar-refractivity contribution in [2.45, 2.75) is 51.5 Å². The van der Waals surface area contributed by atoms with Gasteiger partial charge >= 0.3 is 0 Å². The van der Waals surface area contributed by atoms with Gasteiger partial charge in [0.1, 0.15) is 0 Å². The summed E-state index contributed by atoms with van der Waals surface area (Å²) in [6.07, 6.45) is 6.98. The first-order valence-electron chi connectivity index (χ1n) is 6.77. The van der Waals surface area contributed by atoms with Crippen LogP contribution < -0.4 is 10.6 Å². The average molecular weight is 224 g/mol. The van der Waals surface area contributed by atoms with Crippen LogP contribution in [0.25, 0.3) is 0 Å². The van der Waals surface area contributed by atoms with Gasteiger partial charge < -0.3 is 10.6 Å². The van der Waals surface area contributed by atoms with E-state index in [1.807, 2.05) is 0 Å². The molecule has 2 N–H and O–H groups in total. The molecule has 1 saturated carbocycles. The fourth-order valence-corrected chi connectivity index (χ4v) is 2.97. The van der Waals surface area contributed by atoms with Gasteiger partial charge in [-0.2, -0.15) is 0 Å². The summed E-state index contributed by atoms with van der Waals surface area (Å²) in [5.74, 6) is 1.35. The molecule has 0 spiro atoms. The first-order chi connectivity index (χ1) is 7.75. The lowest BCUT2D eigenvalue weighted by atomic mass is 9.86. The molecule has 3 heteroatoms. The topological polar surface area (TPSA) is 41.1 Å². The van der Waals surface area contributed by atoms with Crippen molar-refractivity contribution in [2.75, 3.05) is 13.1 Å². The molecule has 1 amide bonds. The number of carbonyl (C=O) groups excluding carboxylic acids is 1. The predicted molar refractivity (Wildman–Crippen MR) is 65.2 cm³/mol. The predicted octanol–water partition coefficient (Wildman–Crippen LogP) is 1.68. The maximum absolute atomic E-state index is 12.0. The fraction of sp³-hybridized carbons (Fsp3) is 0.923. The van der Waals surface area contributed by atoms with Gasteiger partial charge in [-0.3, -0.25) is 4.79 Å². The molecule has 0 radical (unpaired) electrons. The van der Waals surface area contributed by atoms with E-state index in [1.54, 1.807) is 0 Å². The number of piperidine rings is 1. The quantitative estimate of drug-likeness (QED) is 0.749. The third-order valence-corrected chi connectivity index (χ3v) is 3.99. The van der Waals surface area contributed by atoms with Gasteiger partial charge in [0.2, 0.25) is 5.91 Å². The van der Waals surface area contributed by atoms with E-state index >= 15 is 0 Å². The summed E-state index contributed by atoms with van der Waals surface area (Å²) in [4.78, 5) is 12.0. The maximum Gasteiger partial charge on any atom is 0.223 e. The van der Waals surface area contributed by atoms with Crippen molar-refractivity contribution in [2.24, 2.45) is 11.8 Å². The van der Waals surface area contributed by atoms with E-state index in [-0.39, 0.29) is 5.92 Å². The Balaban J connectivity index is 1.77. The van der Waals surface area contributed by atoms with Crippen molar-refractivity contribution in [3.8, 4) is 0 Å². The van der Waals surface area contributed by atoms with Gasteiger partial charge in [-0.05, 0) is 44.7 Å². The molecular formula is C13H24N2O. The molecule has 92 valence electrons. The van der Waals surface area contributed by atoms with Crippen LogP contribution in [0.15, 0.2) is 0 Å². The summed E-state index contributed by atoms with van der Waals surface area (Å²) in [6.45, 7) is 4.29. The van der Waals surface area contributed by atoms with Crippen LogP contribution in [0.1, 0.15) is 45.4 Å². The zero-order valence-electron chi connectivity index (χ0n) is 10.3. The summed E-state index contributed by atoms with van der Waals surface area (Å²) in [6, 6.07) is 0.450. The van der Waals surface area contributed by atoms with E-state index in [4.69, 9.17) is 0 Å². The zero-order valence-corrected chi connectivity index (χ0v) is 10.3. The highest BCUT2D eigenvalue weighted by Gasteiger charge is 2.25. The monoisotopic (exact) mass is 224 g/mol. The van der Waals surface area contributed by atoms with Crippen LogP contribution in [0.3, 0.4) is 0 Å². The third kappa shape index (κ3) is 3.21. The Kier molecular flexibility index (Phi) is 4.22. The summed E-state index contributed by atoms with van der Waals surface area (Å²) in [5.41, 5.74) is 0. The Hall–Kier alpha value is -0.570. The highest BCUT2D eigenvalue weighted by atomic mass is 16.1. The van der Waals surface area contributed by atoms with Crippen LogP contribution in [0.5, 0.6) is 0 Å². The van der Waals surface area contributed by atoms with E-state index in [1.165, 1.54) is 25.7 Å². The fourth-order valence-electron chi connectivity index (χ4n) is 2.97. The molecule has 0 aromatic carbocycles. The Morgan fingerprint density at radius 3 is 2.62 bits per heavy atom. The van der Waals surface area contributed by atoms with E-state index in [0.29, 0.717) is 11.9 Å². The second-order valence-electron chi connectivity index (χ2n) is 5.50. The first kappa shape index (κ1) is 11.9. The van der Waals surface area contributed by atoms with E-state index in [9.17, 15) is 4.79 Å². The number of carbonyl (C=O) groups is 1. The maximum atomic E-state index is 12.0. The number of nitrogens with one attached hydrogen (secondary N) is 2. The van der Waals surface area contributed by atoms with Crippen molar-refractivity contribution < 1.29 is 4.79 Å². The van der Waals surface area contributed by atoms with Crippen molar-refractivity contribution in [3.63, 3.8) is 0 Å². The lowest BCUT2D eigenvalue weighted by molar-refractivity contribution is -0.126. The number of hydrogen-bond acceptors (Lipinski definition) is 2. The molecule has 2 rings (SSSR count). The highest BCUT2D eigenvalue weighted by molar-refractivity contribution is 5.79. The molecule has 1 heterocycles. The molecule has 2 aliphatic rings. The van der Waals surface area contributed by atoms with Crippen LogP contribution in [0.4, 0.5) is 0 Å². The number of rotatable bonds is 2. The van der Waals surface area contributed by atoms with E-state index in [0.717, 1.165) is 31.8 Å². The summed E-state index contributed by atoms with van der Waals surface area (Å²) < 4.78 is 0. The summed E-state index contributed by atoms with van der Waals surface area (Å²) >= 11 is 0. The molecule has 1 aliphatic heterocycles. The van der Waals surface area contributed by atoms with Gasteiger partial charge in [0, 0.05) is 12.0 Å². The third-order valence-electron chi connectivity index (χ3n) is 3.99. The molecule has 0 bridgehead atoms. The Bertz CT molecular complexity index is 236. The Labute approximate surface area is 98.4 Å². The molecular weight excluding hydrogens is 200 g/mol. The molecule has 3 nitrogen and oxygen atoms in total. The van der Waals surface area contributed by atoms with Crippen molar-refractivity contribution in [1.29, 1.82) is 0 Å². The van der Waals surface area contributed by atoms with Crippen molar-refractivity contribution in [3.05, 3.63) is 0 Å². The lowest BCUT2D eigenvalue weighted by Crippen LogP contribution is -2.44. The smallest absolute Gasteiger partial charge is 0.223 e. The van der Waals surface area contributed by atoms with Crippen LogP contribution in [-0.2, 0) is 4.79 Å². The molecule has 2 fully saturated rings. The SMILES string of the molecule is CC1CCCC(NC(=O)C2CCNCC2)C1. The summed E-state index contributed by atoms with van der Waals surface area (Å²) in [5, 5.41) is 6.55. The average Bonchev–Trinajstić information content (AvgIpc) is 2.30. The standard InChI is InChI=1S/C13H24N2O/c1-10-3-2-4-12(9-10)15-13(16)11-5-7-14-8-6-11/h10-12,14H,2-9H2,1H3,(H,15,16). The van der Waals surface area contributed by atoms with Gasteiger partial charge in [-0.1, -0.05) is 19.8 Å². The highest BCUT2D eigenvalue weighted by Crippen LogP contribution is 2.24. The Morgan fingerprint density at radius 1 is 1.19 bits per heavy atom. The molecule has 0 aromatic rings. The minimum atomic E-state index is 0.262. The van der Waals surface area contributed by atoms with Crippen LogP contribution in [-0.4, -0.2) is 25.0 Å². The van der Waals surface area contributed by atoms with Gasteiger partial charge in [-0.25, -0.2) is 0 Å². The molecule has 1 saturated heterocycles. The molecule has 0 aromatic heterocycles. The first-order valence-corrected chi connectivity index (χ1v) is 6.77. The van der Waals surface area contributed by atoms with E-state index in [2.05, 4.69) is 17.6 Å². The second kappa shape index (κ2) is 5.67. The lowest BCUT2D eigenvalue weighted by Gasteiger charge is -2.30. The Morgan fingerprint density at radius 2 is 1.94 bits per heavy atom. The van der Waals surface area contributed by atoms with Gasteiger partial charge in [0.25, 0.3) is 0 Å². The van der Waals surface area contributed by atoms with Gasteiger partial charge in [0.15, 0.2) is 0 Å². The second-order valence-corrected chi connectivity index (χ2v) is 5.50. The number of amides is 1. The van der Waals surface area contributed by atoms with Gasteiger partial charge in [-0.15, -0.1) is 0 Å². The number of hydrogen-bond donors (Lipinski definition) is 2. The normalized spacial score (nSPS) is 32.3. The van der Waals surface area contributed by atoms with Crippen molar-refractivity contribution >= 4 is 5.91 Å². The summed E-state index contributed by atoms with van der Waals surface area (Å²) in [7, 11) is 0.